The van der Waals surface area contributed by atoms with E-state index < -0.39 is 0 Å². The van der Waals surface area contributed by atoms with Gasteiger partial charge >= 0.3 is 0 Å². The first-order valence-corrected chi connectivity index (χ1v) is 8.95. The summed E-state index contributed by atoms with van der Waals surface area (Å²) in [4.78, 5) is 19.3. The van der Waals surface area contributed by atoms with E-state index in [0.717, 1.165) is 11.3 Å². The van der Waals surface area contributed by atoms with E-state index in [1.54, 1.807) is 37.0 Å². The minimum absolute atomic E-state index is 0.00970. The van der Waals surface area contributed by atoms with Crippen molar-refractivity contribution in [3.63, 3.8) is 0 Å². The van der Waals surface area contributed by atoms with Gasteiger partial charge < -0.3 is 9.40 Å². The molecule has 0 aliphatic rings. The number of thioether (sulfide) groups is 1. The second-order valence-electron chi connectivity index (χ2n) is 5.51. The third-order valence-corrected chi connectivity index (χ3v) is 4.73. The normalized spacial score (nSPS) is 10.9. The molecule has 4 heterocycles. The lowest BCUT2D eigenvalue weighted by atomic mass is 10.2. The third-order valence-electron chi connectivity index (χ3n) is 3.76. The summed E-state index contributed by atoms with van der Waals surface area (Å²) in [6.07, 6.45) is 6.81. The SMILES string of the molecule is O=C(CSc1nnc(-c2cccnc2)n1Cc1ccco1)c1ccc[nH]1. The van der Waals surface area contributed by atoms with Crippen LogP contribution in [0.2, 0.25) is 0 Å². The fourth-order valence-electron chi connectivity index (χ4n) is 2.52. The van der Waals surface area contributed by atoms with Crippen LogP contribution in [0.5, 0.6) is 0 Å². The summed E-state index contributed by atoms with van der Waals surface area (Å²) in [6, 6.07) is 11.1. The van der Waals surface area contributed by atoms with E-state index in [1.165, 1.54) is 11.8 Å². The summed E-state index contributed by atoms with van der Waals surface area (Å²) >= 11 is 1.35. The number of pyridine rings is 1. The van der Waals surface area contributed by atoms with Crippen molar-refractivity contribution < 1.29 is 9.21 Å². The number of rotatable bonds is 7. The molecule has 130 valence electrons. The van der Waals surface area contributed by atoms with Crippen LogP contribution in [0.15, 0.2) is 70.8 Å². The molecule has 0 atom stereocenters. The van der Waals surface area contributed by atoms with E-state index in [-0.39, 0.29) is 11.5 Å². The van der Waals surface area contributed by atoms with Crippen LogP contribution >= 0.6 is 11.8 Å². The van der Waals surface area contributed by atoms with Crippen molar-refractivity contribution in [1.29, 1.82) is 0 Å². The van der Waals surface area contributed by atoms with Gasteiger partial charge in [0.05, 0.1) is 24.3 Å². The fourth-order valence-corrected chi connectivity index (χ4v) is 3.34. The molecule has 0 fully saturated rings. The van der Waals surface area contributed by atoms with Gasteiger partial charge in [-0.25, -0.2) is 0 Å². The summed E-state index contributed by atoms with van der Waals surface area (Å²) < 4.78 is 7.40. The molecule has 8 heteroatoms. The number of H-pyrrole nitrogens is 1. The van der Waals surface area contributed by atoms with E-state index in [1.807, 2.05) is 28.8 Å². The van der Waals surface area contributed by atoms with Gasteiger partial charge in [0.1, 0.15) is 5.76 Å². The minimum atomic E-state index is 0.00970. The quantitative estimate of drug-likeness (QED) is 0.399. The molecule has 4 aromatic rings. The first-order valence-electron chi connectivity index (χ1n) is 7.96. The molecule has 0 radical (unpaired) electrons. The number of carbonyl (C=O) groups excluding carboxylic acids is 1. The highest BCUT2D eigenvalue weighted by Crippen LogP contribution is 2.25. The van der Waals surface area contributed by atoms with Gasteiger partial charge in [-0.15, -0.1) is 10.2 Å². The van der Waals surface area contributed by atoms with Crippen molar-refractivity contribution in [2.24, 2.45) is 0 Å². The minimum Gasteiger partial charge on any atom is -0.467 e. The second-order valence-corrected chi connectivity index (χ2v) is 6.45. The van der Waals surface area contributed by atoms with Gasteiger partial charge in [0.25, 0.3) is 0 Å². The maximum atomic E-state index is 12.2. The van der Waals surface area contributed by atoms with Crippen molar-refractivity contribution in [3.05, 3.63) is 72.7 Å². The van der Waals surface area contributed by atoms with Crippen LogP contribution in [0.1, 0.15) is 16.2 Å². The number of hydrogen-bond acceptors (Lipinski definition) is 6. The van der Waals surface area contributed by atoms with Crippen LogP contribution in [-0.4, -0.2) is 36.3 Å². The zero-order chi connectivity index (χ0) is 17.8. The number of ketones is 1. The van der Waals surface area contributed by atoms with E-state index in [0.29, 0.717) is 23.2 Å². The van der Waals surface area contributed by atoms with Crippen molar-refractivity contribution in [2.45, 2.75) is 11.7 Å². The number of hydrogen-bond donors (Lipinski definition) is 1. The number of Topliss-reactive ketones (excluding diaryl/α,β-unsaturated/α-hetero) is 1. The Hall–Kier alpha value is -3.13. The van der Waals surface area contributed by atoms with Gasteiger partial charge in [0.15, 0.2) is 16.8 Å². The van der Waals surface area contributed by atoms with Crippen molar-refractivity contribution >= 4 is 17.5 Å². The van der Waals surface area contributed by atoms with E-state index in [9.17, 15) is 4.79 Å². The standard InChI is InChI=1S/C18H15N5O2S/c24-16(15-6-2-8-20-15)12-26-18-22-21-17(13-4-1-7-19-10-13)23(18)11-14-5-3-9-25-14/h1-10,20H,11-12H2. The fraction of sp³-hybridized carbons (Fsp3) is 0.111. The molecule has 0 aromatic carbocycles. The number of aromatic nitrogens is 5. The number of furan rings is 1. The van der Waals surface area contributed by atoms with E-state index >= 15 is 0 Å². The van der Waals surface area contributed by atoms with Crippen LogP contribution < -0.4 is 0 Å². The molecule has 26 heavy (non-hydrogen) atoms. The highest BCUT2D eigenvalue weighted by Gasteiger charge is 2.17. The average Bonchev–Trinajstić information content (AvgIpc) is 3.43. The van der Waals surface area contributed by atoms with Gasteiger partial charge in [0, 0.05) is 24.2 Å². The molecule has 1 N–H and O–H groups in total. The summed E-state index contributed by atoms with van der Waals surface area (Å²) in [7, 11) is 0. The third kappa shape index (κ3) is 3.45. The highest BCUT2D eigenvalue weighted by atomic mass is 32.2. The average molecular weight is 365 g/mol. The molecular formula is C18H15N5O2S. The Kier molecular flexibility index (Phi) is 4.65. The summed E-state index contributed by atoms with van der Waals surface area (Å²) in [5.41, 5.74) is 1.44. The molecule has 7 nitrogen and oxygen atoms in total. The second kappa shape index (κ2) is 7.40. The van der Waals surface area contributed by atoms with Crippen molar-refractivity contribution in [1.82, 2.24) is 24.7 Å². The Bertz CT molecular complexity index is 978. The number of nitrogens with one attached hydrogen (secondary N) is 1. The molecule has 0 spiro atoms. The Labute approximate surface area is 153 Å². The zero-order valence-corrected chi connectivity index (χ0v) is 14.5. The first kappa shape index (κ1) is 16.3. The number of carbonyl (C=O) groups is 1. The smallest absolute Gasteiger partial charge is 0.192 e. The van der Waals surface area contributed by atoms with Crippen molar-refractivity contribution in [2.75, 3.05) is 5.75 Å². The lowest BCUT2D eigenvalue weighted by molar-refractivity contribution is 0.101. The molecular weight excluding hydrogens is 350 g/mol. The van der Waals surface area contributed by atoms with Crippen LogP contribution in [0.25, 0.3) is 11.4 Å². The van der Waals surface area contributed by atoms with Gasteiger partial charge in [-0.05, 0) is 36.4 Å². The van der Waals surface area contributed by atoms with Crippen LogP contribution in [0, 0.1) is 0 Å². The Morgan fingerprint density at radius 2 is 2.15 bits per heavy atom. The molecule has 0 saturated heterocycles. The Balaban J connectivity index is 1.61. The van der Waals surface area contributed by atoms with Gasteiger partial charge in [-0.3, -0.25) is 14.3 Å². The molecule has 0 aliphatic carbocycles. The number of nitrogens with zero attached hydrogens (tertiary/aromatic N) is 4. The highest BCUT2D eigenvalue weighted by molar-refractivity contribution is 7.99. The molecule has 0 amide bonds. The molecule has 0 bridgehead atoms. The largest absolute Gasteiger partial charge is 0.467 e. The summed E-state index contributed by atoms with van der Waals surface area (Å²) in [6.45, 7) is 0.475. The van der Waals surface area contributed by atoms with E-state index in [2.05, 4.69) is 20.2 Å². The summed E-state index contributed by atoms with van der Waals surface area (Å²) in [5.74, 6) is 1.75. The zero-order valence-electron chi connectivity index (χ0n) is 13.7. The lowest BCUT2D eigenvalue weighted by Gasteiger charge is -2.08. The van der Waals surface area contributed by atoms with Crippen LogP contribution in [0.4, 0.5) is 0 Å². The first-order chi connectivity index (χ1) is 12.8. The molecule has 0 aliphatic heterocycles. The van der Waals surface area contributed by atoms with Gasteiger partial charge in [-0.1, -0.05) is 11.8 Å². The predicted molar refractivity (Wildman–Crippen MR) is 96.9 cm³/mol. The van der Waals surface area contributed by atoms with Gasteiger partial charge in [0.2, 0.25) is 0 Å². The van der Waals surface area contributed by atoms with Crippen molar-refractivity contribution in [3.8, 4) is 11.4 Å². The molecule has 4 aromatic heterocycles. The topological polar surface area (TPSA) is 89.6 Å². The maximum absolute atomic E-state index is 12.2. The van der Waals surface area contributed by atoms with Crippen LogP contribution in [-0.2, 0) is 6.54 Å². The van der Waals surface area contributed by atoms with Crippen LogP contribution in [0.3, 0.4) is 0 Å². The maximum Gasteiger partial charge on any atom is 0.192 e. The monoisotopic (exact) mass is 365 g/mol. The lowest BCUT2D eigenvalue weighted by Crippen LogP contribution is -2.07. The van der Waals surface area contributed by atoms with Gasteiger partial charge in [-0.2, -0.15) is 0 Å². The Morgan fingerprint density at radius 3 is 2.88 bits per heavy atom. The Morgan fingerprint density at radius 1 is 1.19 bits per heavy atom. The summed E-state index contributed by atoms with van der Waals surface area (Å²) in [5, 5.41) is 9.22. The number of aromatic amines is 1. The molecule has 0 saturated carbocycles. The molecule has 4 rings (SSSR count). The molecule has 0 unspecified atom stereocenters. The van der Waals surface area contributed by atoms with E-state index in [4.69, 9.17) is 4.42 Å². The predicted octanol–water partition coefficient (Wildman–Crippen LogP) is 3.28.